The molecule has 0 aromatic heterocycles. The van der Waals surface area contributed by atoms with Crippen LogP contribution < -0.4 is 26.6 Å². The Labute approximate surface area is 221 Å². The molecule has 1 amide bonds. The fourth-order valence-electron chi connectivity index (χ4n) is 4.12. The Hall–Kier alpha value is -0.160. The molecule has 208 valence electrons. The Kier molecular flexibility index (Phi) is 13.0. The fourth-order valence-corrected chi connectivity index (χ4v) is 5.68. The minimum Gasteiger partial charge on any atom is -0.350 e. The molecule has 0 heterocycles. The maximum absolute atomic E-state index is 14.1. The number of nitrogens with one attached hydrogen (secondary N) is 5. The highest BCUT2D eigenvalue weighted by Gasteiger charge is 2.49. The summed E-state index contributed by atoms with van der Waals surface area (Å²) in [5.41, 5.74) is -2.57. The van der Waals surface area contributed by atoms with Gasteiger partial charge < -0.3 is 21.3 Å². The van der Waals surface area contributed by atoms with Gasteiger partial charge in [0.25, 0.3) is 0 Å². The summed E-state index contributed by atoms with van der Waals surface area (Å²) in [6.07, 6.45) is 0. The second kappa shape index (κ2) is 13.1. The van der Waals surface area contributed by atoms with Gasteiger partial charge in [-0.3, -0.25) is 14.9 Å². The van der Waals surface area contributed by atoms with E-state index < -0.39 is 22.7 Å². The molecular weight excluding hydrogens is 476 g/mol. The first-order valence-corrected chi connectivity index (χ1v) is 14.2. The molecule has 0 aliphatic carbocycles. The molecule has 9 heteroatoms. The van der Waals surface area contributed by atoms with Gasteiger partial charge in [0.1, 0.15) is 5.54 Å². The van der Waals surface area contributed by atoms with E-state index >= 15 is 0 Å². The predicted octanol–water partition coefficient (Wildman–Crippen LogP) is 3.39. The van der Waals surface area contributed by atoms with Gasteiger partial charge >= 0.3 is 0 Å². The highest BCUT2D eigenvalue weighted by molar-refractivity contribution is 7.17. The number of hydrogen-bond donors (Lipinski definition) is 5. The number of amides is 1. The van der Waals surface area contributed by atoms with Crippen molar-refractivity contribution in [3.63, 3.8) is 0 Å². The highest BCUT2D eigenvalue weighted by Crippen LogP contribution is 2.29. The number of carbonyl (C=O) groups is 2. The fraction of sp³-hybridized carbons (Fsp3) is 0.923. The first-order valence-electron chi connectivity index (χ1n) is 12.9. The van der Waals surface area contributed by atoms with E-state index in [0.717, 1.165) is 0 Å². The van der Waals surface area contributed by atoms with E-state index in [9.17, 15) is 9.59 Å². The molecule has 0 spiro atoms. The van der Waals surface area contributed by atoms with E-state index in [-0.39, 0.29) is 46.8 Å². The molecule has 0 saturated heterocycles. The van der Waals surface area contributed by atoms with Crippen LogP contribution in [0.1, 0.15) is 96.9 Å². The molecule has 0 saturated carbocycles. The van der Waals surface area contributed by atoms with E-state index in [1.807, 2.05) is 62.3 Å². The van der Waals surface area contributed by atoms with Crippen LogP contribution in [0.5, 0.6) is 0 Å². The van der Waals surface area contributed by atoms with Gasteiger partial charge in [-0.15, -0.1) is 18.5 Å². The molecule has 7 nitrogen and oxygen atoms in total. The summed E-state index contributed by atoms with van der Waals surface area (Å²) in [5, 5.41) is 17.1. The molecule has 7 unspecified atom stereocenters. The molecule has 0 radical (unpaired) electrons. The van der Waals surface area contributed by atoms with E-state index in [4.69, 9.17) is 0 Å². The maximum Gasteiger partial charge on any atom is 0.240 e. The van der Waals surface area contributed by atoms with Crippen LogP contribution in [0.3, 0.4) is 0 Å². The van der Waals surface area contributed by atoms with Gasteiger partial charge in [0.2, 0.25) is 5.91 Å². The number of rotatable bonds is 13. The van der Waals surface area contributed by atoms with Crippen LogP contribution in [0.25, 0.3) is 0 Å². The number of ketones is 1. The predicted molar refractivity (Wildman–Crippen MR) is 158 cm³/mol. The lowest BCUT2D eigenvalue weighted by Crippen LogP contribution is -2.72. The van der Waals surface area contributed by atoms with Crippen molar-refractivity contribution >= 4 is 30.2 Å². The standard InChI is InChI=1S/C26H57N5O2P2/c1-15(2)27-18(21(35)29-23(6,7)8)19(32)25(12,13)31-26(14,22(33)30-24(9,10)11)17(5)20(34)28-16(3)4/h15-18,20-21,27-29,31H,34-35H2,1-14H3,(H,30,33). The average Bonchev–Trinajstić information content (AvgIpc) is 2.60. The number of Topliss-reactive ketones (excluding diaryl/α,β-unsaturated/α-hetero) is 1. The third kappa shape index (κ3) is 11.8. The molecule has 35 heavy (non-hydrogen) atoms. The molecule has 5 N–H and O–H groups in total. The van der Waals surface area contributed by atoms with Crippen LogP contribution in [0.15, 0.2) is 0 Å². The average molecular weight is 534 g/mol. The normalized spacial score (nSPS) is 18.7. The first-order chi connectivity index (χ1) is 15.4. The van der Waals surface area contributed by atoms with E-state index in [1.165, 1.54) is 0 Å². The summed E-state index contributed by atoms with van der Waals surface area (Å²) in [4.78, 5) is 27.8. The van der Waals surface area contributed by atoms with Gasteiger partial charge in [0.05, 0.1) is 11.6 Å². The van der Waals surface area contributed by atoms with Crippen molar-refractivity contribution in [1.82, 2.24) is 26.6 Å². The Balaban J connectivity index is 6.31. The zero-order chi connectivity index (χ0) is 28.2. The van der Waals surface area contributed by atoms with Crippen molar-refractivity contribution in [2.45, 2.75) is 149 Å². The Morgan fingerprint density at radius 1 is 0.686 bits per heavy atom. The maximum atomic E-state index is 14.1. The lowest BCUT2D eigenvalue weighted by Gasteiger charge is -2.46. The monoisotopic (exact) mass is 533 g/mol. The van der Waals surface area contributed by atoms with Crippen molar-refractivity contribution in [3.8, 4) is 0 Å². The molecule has 0 rings (SSSR count). The summed E-state index contributed by atoms with van der Waals surface area (Å²) >= 11 is 0. The van der Waals surface area contributed by atoms with Gasteiger partial charge in [-0.05, 0) is 62.3 Å². The van der Waals surface area contributed by atoms with Crippen LogP contribution in [0, 0.1) is 5.92 Å². The smallest absolute Gasteiger partial charge is 0.240 e. The molecule has 7 atom stereocenters. The van der Waals surface area contributed by atoms with Gasteiger partial charge in [0, 0.05) is 40.6 Å². The van der Waals surface area contributed by atoms with Crippen LogP contribution in [0.4, 0.5) is 0 Å². The number of hydrogen-bond acceptors (Lipinski definition) is 6. The zero-order valence-electron chi connectivity index (χ0n) is 24.9. The lowest BCUT2D eigenvalue weighted by atomic mass is 9.80. The summed E-state index contributed by atoms with van der Waals surface area (Å²) in [6.45, 7) is 28.1. The molecule has 0 aliphatic rings. The minimum absolute atomic E-state index is 0.00191. The van der Waals surface area contributed by atoms with Crippen molar-refractivity contribution in [2.75, 3.05) is 0 Å². The third-order valence-electron chi connectivity index (χ3n) is 5.88. The van der Waals surface area contributed by atoms with Crippen LogP contribution in [-0.2, 0) is 9.59 Å². The summed E-state index contributed by atoms with van der Waals surface area (Å²) in [7, 11) is 5.61. The second-order valence-electron chi connectivity index (χ2n) is 13.4. The van der Waals surface area contributed by atoms with Gasteiger partial charge in [-0.2, -0.15) is 0 Å². The largest absolute Gasteiger partial charge is 0.350 e. The van der Waals surface area contributed by atoms with Gasteiger partial charge in [0.15, 0.2) is 5.78 Å². The Morgan fingerprint density at radius 2 is 1.14 bits per heavy atom. The van der Waals surface area contributed by atoms with Gasteiger partial charge in [-0.25, -0.2) is 0 Å². The third-order valence-corrected chi connectivity index (χ3v) is 7.20. The minimum atomic E-state index is -1.02. The van der Waals surface area contributed by atoms with E-state index in [1.54, 1.807) is 0 Å². The number of carbonyl (C=O) groups excluding carboxylic acids is 2. The van der Waals surface area contributed by atoms with E-state index in [0.29, 0.717) is 0 Å². The highest BCUT2D eigenvalue weighted by atomic mass is 31.0. The van der Waals surface area contributed by atoms with Crippen LogP contribution in [0.2, 0.25) is 0 Å². The lowest BCUT2D eigenvalue weighted by molar-refractivity contribution is -0.134. The topological polar surface area (TPSA) is 94.3 Å². The molecule has 0 fully saturated rings. The molecule has 0 aliphatic heterocycles. The van der Waals surface area contributed by atoms with Crippen molar-refractivity contribution in [1.29, 1.82) is 0 Å². The van der Waals surface area contributed by atoms with E-state index in [2.05, 4.69) is 79.7 Å². The molecule has 0 bridgehead atoms. The quantitative estimate of drug-likeness (QED) is 0.233. The molecular formula is C26H57N5O2P2. The van der Waals surface area contributed by atoms with Gasteiger partial charge in [-0.1, -0.05) is 34.6 Å². The summed E-state index contributed by atoms with van der Waals surface area (Å²) in [5.74, 6) is -0.483. The summed E-state index contributed by atoms with van der Waals surface area (Å²) in [6, 6.07) is -0.0937. The zero-order valence-corrected chi connectivity index (χ0v) is 27.2. The summed E-state index contributed by atoms with van der Waals surface area (Å²) < 4.78 is 0. The molecule has 0 aromatic rings. The van der Waals surface area contributed by atoms with Crippen LogP contribution in [-0.4, -0.2) is 63.5 Å². The van der Waals surface area contributed by atoms with Crippen molar-refractivity contribution in [2.24, 2.45) is 5.92 Å². The molecule has 0 aromatic carbocycles. The first kappa shape index (κ1) is 34.8. The Morgan fingerprint density at radius 3 is 1.51 bits per heavy atom. The second-order valence-corrected chi connectivity index (χ2v) is 14.8. The Bertz CT molecular complexity index is 701. The van der Waals surface area contributed by atoms with Crippen LogP contribution >= 0.6 is 18.5 Å². The van der Waals surface area contributed by atoms with Crippen molar-refractivity contribution in [3.05, 3.63) is 0 Å². The SMILES string of the molecule is CC(C)NC(P)C(C)C(C)(NC(C)(C)C(=O)C(NC(C)C)C(P)NC(C)(C)C)C(=O)NC(C)(C)C. The van der Waals surface area contributed by atoms with Crippen molar-refractivity contribution < 1.29 is 9.59 Å².